The summed E-state index contributed by atoms with van der Waals surface area (Å²) >= 11 is 0. The van der Waals surface area contributed by atoms with Crippen molar-refractivity contribution < 1.29 is 10.0 Å². The van der Waals surface area contributed by atoms with Gasteiger partial charge in [-0.05, 0) is 18.6 Å². The topological polar surface area (TPSA) is 89.4 Å². The summed E-state index contributed by atoms with van der Waals surface area (Å²) in [4.78, 5) is 10.2. The van der Waals surface area contributed by atoms with Crippen LogP contribution in [0.1, 0.15) is 18.0 Å². The minimum Gasteiger partial charge on any atom is -0.508 e. The predicted molar refractivity (Wildman–Crippen MR) is 56.5 cm³/mol. The monoisotopic (exact) mass is 208 g/mol. The van der Waals surface area contributed by atoms with Crippen molar-refractivity contribution in [2.75, 3.05) is 0 Å². The van der Waals surface area contributed by atoms with Crippen molar-refractivity contribution in [1.29, 1.82) is 0 Å². The maximum atomic E-state index is 10.7. The van der Waals surface area contributed by atoms with Crippen LogP contribution in [0.15, 0.2) is 30.9 Å². The third-order valence-corrected chi connectivity index (χ3v) is 2.03. The summed E-state index contributed by atoms with van der Waals surface area (Å²) in [5.74, 6) is -0.0323. The number of phenols is 1. The van der Waals surface area contributed by atoms with Crippen molar-refractivity contribution >= 4 is 5.69 Å². The smallest absolute Gasteiger partial charge is 0.274 e. The van der Waals surface area contributed by atoms with E-state index in [2.05, 4.69) is 6.58 Å². The first-order valence-corrected chi connectivity index (χ1v) is 4.40. The number of nitro groups is 1. The molecule has 0 aliphatic heterocycles. The van der Waals surface area contributed by atoms with Crippen LogP contribution >= 0.6 is 0 Å². The third-order valence-electron chi connectivity index (χ3n) is 2.03. The van der Waals surface area contributed by atoms with E-state index in [9.17, 15) is 15.2 Å². The number of benzene rings is 1. The molecule has 0 fully saturated rings. The van der Waals surface area contributed by atoms with E-state index in [-0.39, 0.29) is 11.4 Å². The highest BCUT2D eigenvalue weighted by atomic mass is 16.6. The van der Waals surface area contributed by atoms with Crippen molar-refractivity contribution in [2.24, 2.45) is 5.73 Å². The molecule has 1 aromatic carbocycles. The number of nitrogens with zero attached hydrogens (tertiary/aromatic N) is 1. The molecule has 0 saturated heterocycles. The molecule has 0 unspecified atom stereocenters. The molecule has 0 amide bonds. The van der Waals surface area contributed by atoms with Gasteiger partial charge in [0.2, 0.25) is 0 Å². The summed E-state index contributed by atoms with van der Waals surface area (Å²) in [5, 5.41) is 19.9. The largest absolute Gasteiger partial charge is 0.508 e. The standard InChI is InChI=1S/C10H12N2O3/c1-2-3-9(11)8-6-7(13)4-5-10(8)12(14)15/h2,4-6,9,13H,1,3,11H2/t9-/m1/s1. The minimum atomic E-state index is -0.519. The molecule has 0 aromatic heterocycles. The van der Waals surface area contributed by atoms with E-state index < -0.39 is 11.0 Å². The summed E-state index contributed by atoms with van der Waals surface area (Å²) in [7, 11) is 0. The second-order valence-corrected chi connectivity index (χ2v) is 3.13. The highest BCUT2D eigenvalue weighted by Crippen LogP contribution is 2.29. The van der Waals surface area contributed by atoms with Gasteiger partial charge in [0.25, 0.3) is 5.69 Å². The Morgan fingerprint density at radius 1 is 1.67 bits per heavy atom. The van der Waals surface area contributed by atoms with E-state index in [0.717, 1.165) is 0 Å². The van der Waals surface area contributed by atoms with Crippen LogP contribution in [0.25, 0.3) is 0 Å². The molecular weight excluding hydrogens is 196 g/mol. The number of phenolic OH excluding ortho intramolecular Hbond substituents is 1. The Morgan fingerprint density at radius 2 is 2.33 bits per heavy atom. The fourth-order valence-electron chi connectivity index (χ4n) is 1.31. The van der Waals surface area contributed by atoms with Crippen LogP contribution in [-0.2, 0) is 0 Å². The average Bonchev–Trinajstić information content (AvgIpc) is 2.17. The second kappa shape index (κ2) is 4.56. The predicted octanol–water partition coefficient (Wildman–Crippen LogP) is 1.88. The zero-order valence-corrected chi connectivity index (χ0v) is 8.09. The van der Waals surface area contributed by atoms with Gasteiger partial charge in [-0.15, -0.1) is 6.58 Å². The summed E-state index contributed by atoms with van der Waals surface area (Å²) < 4.78 is 0. The van der Waals surface area contributed by atoms with Crippen molar-refractivity contribution in [1.82, 2.24) is 0 Å². The van der Waals surface area contributed by atoms with Gasteiger partial charge in [-0.1, -0.05) is 6.08 Å². The van der Waals surface area contributed by atoms with E-state index >= 15 is 0 Å². The van der Waals surface area contributed by atoms with Gasteiger partial charge in [-0.25, -0.2) is 0 Å². The lowest BCUT2D eigenvalue weighted by Crippen LogP contribution is -2.11. The molecule has 80 valence electrons. The molecule has 1 rings (SSSR count). The van der Waals surface area contributed by atoms with E-state index in [1.54, 1.807) is 6.08 Å². The number of nitrogens with two attached hydrogens (primary N) is 1. The van der Waals surface area contributed by atoms with Gasteiger partial charge in [0, 0.05) is 12.1 Å². The van der Waals surface area contributed by atoms with Crippen LogP contribution in [-0.4, -0.2) is 10.0 Å². The molecule has 0 heterocycles. The van der Waals surface area contributed by atoms with E-state index in [0.29, 0.717) is 12.0 Å². The Balaban J connectivity index is 3.17. The number of nitro benzene ring substituents is 1. The lowest BCUT2D eigenvalue weighted by atomic mass is 10.0. The van der Waals surface area contributed by atoms with Gasteiger partial charge < -0.3 is 10.8 Å². The Morgan fingerprint density at radius 3 is 2.87 bits per heavy atom. The SMILES string of the molecule is C=CC[C@@H](N)c1cc(O)ccc1[N+](=O)[O-]. The van der Waals surface area contributed by atoms with E-state index in [1.165, 1.54) is 18.2 Å². The molecular formula is C10H12N2O3. The molecule has 1 aromatic rings. The van der Waals surface area contributed by atoms with Crippen LogP contribution in [0.5, 0.6) is 5.75 Å². The first-order valence-electron chi connectivity index (χ1n) is 4.40. The normalized spacial score (nSPS) is 12.1. The molecule has 0 bridgehead atoms. The summed E-state index contributed by atoms with van der Waals surface area (Å²) in [6.07, 6.45) is 2.00. The molecule has 0 aliphatic carbocycles. The summed E-state index contributed by atoms with van der Waals surface area (Å²) in [6, 6.07) is 3.30. The van der Waals surface area contributed by atoms with Crippen molar-refractivity contribution in [2.45, 2.75) is 12.5 Å². The zero-order chi connectivity index (χ0) is 11.4. The van der Waals surface area contributed by atoms with Gasteiger partial charge in [-0.3, -0.25) is 10.1 Å². The Bertz CT molecular complexity index is 390. The first-order chi connectivity index (χ1) is 7.06. The molecule has 0 saturated carbocycles. The molecule has 1 atom stereocenters. The van der Waals surface area contributed by atoms with E-state index in [1.807, 2.05) is 0 Å². The third kappa shape index (κ3) is 2.54. The van der Waals surface area contributed by atoms with E-state index in [4.69, 9.17) is 5.73 Å². The van der Waals surface area contributed by atoms with Gasteiger partial charge in [0.15, 0.2) is 0 Å². The van der Waals surface area contributed by atoms with Crippen LogP contribution < -0.4 is 5.73 Å². The first kappa shape index (κ1) is 11.2. The molecule has 3 N–H and O–H groups in total. The molecule has 0 aliphatic rings. The van der Waals surface area contributed by atoms with Crippen molar-refractivity contribution in [3.63, 3.8) is 0 Å². The maximum absolute atomic E-state index is 10.7. The quantitative estimate of drug-likeness (QED) is 0.449. The lowest BCUT2D eigenvalue weighted by molar-refractivity contribution is -0.385. The number of rotatable bonds is 4. The number of hydrogen-bond acceptors (Lipinski definition) is 4. The summed E-state index contributed by atoms with van der Waals surface area (Å²) in [6.45, 7) is 3.51. The maximum Gasteiger partial charge on any atom is 0.274 e. The lowest BCUT2D eigenvalue weighted by Gasteiger charge is -2.09. The Kier molecular flexibility index (Phi) is 3.41. The fraction of sp³-hybridized carbons (Fsp3) is 0.200. The zero-order valence-electron chi connectivity index (χ0n) is 8.09. The van der Waals surface area contributed by atoms with Crippen LogP contribution in [0.2, 0.25) is 0 Å². The van der Waals surface area contributed by atoms with Gasteiger partial charge >= 0.3 is 0 Å². The fourth-order valence-corrected chi connectivity index (χ4v) is 1.31. The van der Waals surface area contributed by atoms with Crippen LogP contribution in [0.3, 0.4) is 0 Å². The highest BCUT2D eigenvalue weighted by Gasteiger charge is 2.18. The number of hydrogen-bond donors (Lipinski definition) is 2. The highest BCUT2D eigenvalue weighted by molar-refractivity contribution is 5.46. The molecule has 5 nitrogen and oxygen atoms in total. The number of aromatic hydroxyl groups is 1. The molecule has 0 radical (unpaired) electrons. The van der Waals surface area contributed by atoms with Gasteiger partial charge in [0.05, 0.1) is 10.5 Å². The summed E-state index contributed by atoms with van der Waals surface area (Å²) in [5.41, 5.74) is 5.96. The van der Waals surface area contributed by atoms with Crippen molar-refractivity contribution in [3.8, 4) is 5.75 Å². The Labute approximate surface area is 87.0 Å². The van der Waals surface area contributed by atoms with Crippen LogP contribution in [0.4, 0.5) is 5.69 Å². The van der Waals surface area contributed by atoms with Gasteiger partial charge in [0.1, 0.15) is 5.75 Å². The van der Waals surface area contributed by atoms with Crippen LogP contribution in [0, 0.1) is 10.1 Å². The van der Waals surface area contributed by atoms with Gasteiger partial charge in [-0.2, -0.15) is 0 Å². The molecule has 15 heavy (non-hydrogen) atoms. The Hall–Kier alpha value is -1.88. The molecule has 0 spiro atoms. The molecule has 5 heteroatoms. The average molecular weight is 208 g/mol. The second-order valence-electron chi connectivity index (χ2n) is 3.13. The van der Waals surface area contributed by atoms with Crippen molar-refractivity contribution in [3.05, 3.63) is 46.5 Å². The minimum absolute atomic E-state index is 0.0323.